The molecule has 3 nitrogen and oxygen atoms in total. The highest BCUT2D eigenvalue weighted by Crippen LogP contribution is 2.36. The molecular weight excluding hydrogens is 237 g/mol. The van der Waals surface area contributed by atoms with Crippen LogP contribution in [-0.4, -0.2) is 31.4 Å². The second-order valence-corrected chi connectivity index (χ2v) is 6.61. The lowest BCUT2D eigenvalue weighted by atomic mass is 9.78. The minimum atomic E-state index is -0.270. The Labute approximate surface area is 115 Å². The van der Waals surface area contributed by atoms with Gasteiger partial charge in [0, 0.05) is 19.0 Å². The third-order valence-corrected chi connectivity index (χ3v) is 4.71. The van der Waals surface area contributed by atoms with Crippen molar-refractivity contribution in [1.82, 2.24) is 5.32 Å². The second-order valence-electron chi connectivity index (χ2n) is 6.61. The average Bonchev–Trinajstić information content (AvgIpc) is 2.47. The maximum atomic E-state index is 6.06. The highest BCUT2D eigenvalue weighted by atomic mass is 16.7. The zero-order valence-electron chi connectivity index (χ0n) is 12.2. The highest BCUT2D eigenvalue weighted by Gasteiger charge is 2.51. The molecule has 1 aromatic rings. The second kappa shape index (κ2) is 4.34. The van der Waals surface area contributed by atoms with Crippen molar-refractivity contribution in [2.45, 2.75) is 44.8 Å². The Morgan fingerprint density at radius 3 is 1.95 bits per heavy atom. The Bertz CT molecular complexity index is 450. The quantitative estimate of drug-likeness (QED) is 0.819. The Balaban J connectivity index is 1.76. The van der Waals surface area contributed by atoms with E-state index in [0.717, 1.165) is 18.6 Å². The van der Waals surface area contributed by atoms with E-state index in [9.17, 15) is 0 Å². The molecule has 0 saturated carbocycles. The molecular formula is C15H22BNO2. The van der Waals surface area contributed by atoms with E-state index in [1.54, 1.807) is 0 Å². The van der Waals surface area contributed by atoms with Crippen LogP contribution in [0.4, 0.5) is 0 Å². The van der Waals surface area contributed by atoms with Crippen LogP contribution in [0.5, 0.6) is 0 Å². The van der Waals surface area contributed by atoms with Crippen LogP contribution in [0.25, 0.3) is 0 Å². The smallest absolute Gasteiger partial charge is 0.399 e. The molecule has 0 atom stereocenters. The van der Waals surface area contributed by atoms with E-state index in [2.05, 4.69) is 57.3 Å². The normalized spacial score (nSPS) is 25.4. The summed E-state index contributed by atoms with van der Waals surface area (Å²) in [5.41, 5.74) is 1.97. The van der Waals surface area contributed by atoms with Gasteiger partial charge in [0.05, 0.1) is 11.2 Å². The fourth-order valence-electron chi connectivity index (χ4n) is 2.43. The lowest BCUT2D eigenvalue weighted by Gasteiger charge is -2.32. The summed E-state index contributed by atoms with van der Waals surface area (Å²) >= 11 is 0. The van der Waals surface area contributed by atoms with Crippen molar-refractivity contribution < 1.29 is 9.31 Å². The molecule has 102 valence electrons. The maximum absolute atomic E-state index is 6.06. The summed E-state index contributed by atoms with van der Waals surface area (Å²) in [7, 11) is -0.251. The lowest BCUT2D eigenvalue weighted by molar-refractivity contribution is 0.00578. The van der Waals surface area contributed by atoms with Gasteiger partial charge in [-0.15, -0.1) is 0 Å². The fraction of sp³-hybridized carbons (Fsp3) is 0.600. The zero-order valence-corrected chi connectivity index (χ0v) is 12.2. The molecule has 2 aliphatic rings. The van der Waals surface area contributed by atoms with Gasteiger partial charge < -0.3 is 14.6 Å². The van der Waals surface area contributed by atoms with Crippen molar-refractivity contribution in [2.24, 2.45) is 0 Å². The largest absolute Gasteiger partial charge is 0.494 e. The van der Waals surface area contributed by atoms with Gasteiger partial charge in [-0.1, -0.05) is 24.3 Å². The molecule has 4 heteroatoms. The highest BCUT2D eigenvalue weighted by molar-refractivity contribution is 6.62. The molecule has 0 aromatic heterocycles. The summed E-state index contributed by atoms with van der Waals surface area (Å²) in [6.45, 7) is 10.5. The van der Waals surface area contributed by atoms with Crippen LogP contribution < -0.4 is 10.8 Å². The number of hydrogen-bond acceptors (Lipinski definition) is 3. The van der Waals surface area contributed by atoms with Crippen LogP contribution in [0.15, 0.2) is 24.3 Å². The zero-order chi connectivity index (χ0) is 13.7. The van der Waals surface area contributed by atoms with Gasteiger partial charge in [0.15, 0.2) is 0 Å². The van der Waals surface area contributed by atoms with E-state index < -0.39 is 0 Å². The van der Waals surface area contributed by atoms with Crippen molar-refractivity contribution >= 4 is 12.6 Å². The van der Waals surface area contributed by atoms with Crippen LogP contribution in [0.3, 0.4) is 0 Å². The van der Waals surface area contributed by atoms with Gasteiger partial charge in [-0.3, -0.25) is 0 Å². The van der Waals surface area contributed by atoms with Gasteiger partial charge in [-0.05, 0) is 38.7 Å². The van der Waals surface area contributed by atoms with Gasteiger partial charge in [0.25, 0.3) is 0 Å². The maximum Gasteiger partial charge on any atom is 0.494 e. The summed E-state index contributed by atoms with van der Waals surface area (Å²) < 4.78 is 12.1. The molecule has 0 aliphatic carbocycles. The number of rotatable bonds is 2. The summed E-state index contributed by atoms with van der Waals surface area (Å²) in [6, 6.07) is 8.67. The summed E-state index contributed by atoms with van der Waals surface area (Å²) in [6.07, 6.45) is 0. The van der Waals surface area contributed by atoms with Crippen LogP contribution in [0.1, 0.15) is 39.2 Å². The van der Waals surface area contributed by atoms with E-state index in [4.69, 9.17) is 9.31 Å². The third kappa shape index (κ3) is 2.22. The first-order chi connectivity index (χ1) is 8.89. The van der Waals surface area contributed by atoms with Crippen molar-refractivity contribution in [1.29, 1.82) is 0 Å². The first-order valence-corrected chi connectivity index (χ1v) is 7.05. The molecule has 0 unspecified atom stereocenters. The van der Waals surface area contributed by atoms with Crippen LogP contribution in [0, 0.1) is 0 Å². The van der Waals surface area contributed by atoms with Gasteiger partial charge in [0.2, 0.25) is 0 Å². The summed E-state index contributed by atoms with van der Waals surface area (Å²) in [4.78, 5) is 0. The molecule has 1 aromatic carbocycles. The molecule has 2 fully saturated rings. The fourth-order valence-corrected chi connectivity index (χ4v) is 2.43. The third-order valence-electron chi connectivity index (χ3n) is 4.71. The number of benzene rings is 1. The topological polar surface area (TPSA) is 30.5 Å². The van der Waals surface area contributed by atoms with Crippen molar-refractivity contribution in [3.8, 4) is 0 Å². The van der Waals surface area contributed by atoms with Gasteiger partial charge in [-0.2, -0.15) is 0 Å². The first-order valence-electron chi connectivity index (χ1n) is 7.05. The minimum absolute atomic E-state index is 0.251. The molecule has 2 aliphatic heterocycles. The van der Waals surface area contributed by atoms with Crippen LogP contribution >= 0.6 is 0 Å². The van der Waals surface area contributed by atoms with Crippen molar-refractivity contribution in [2.75, 3.05) is 13.1 Å². The SMILES string of the molecule is CC1(C)OB(c2ccc(C3CNC3)cc2)OC1(C)C. The molecule has 3 rings (SSSR count). The Hall–Kier alpha value is -0.835. The Morgan fingerprint density at radius 2 is 1.53 bits per heavy atom. The molecule has 19 heavy (non-hydrogen) atoms. The molecule has 1 N–H and O–H groups in total. The monoisotopic (exact) mass is 259 g/mol. The van der Waals surface area contributed by atoms with Crippen molar-refractivity contribution in [3.05, 3.63) is 29.8 Å². The van der Waals surface area contributed by atoms with E-state index in [0.29, 0.717) is 5.92 Å². The predicted octanol–water partition coefficient (Wildman–Crippen LogP) is 1.67. The molecule has 0 amide bonds. The van der Waals surface area contributed by atoms with E-state index in [1.807, 2.05) is 0 Å². The van der Waals surface area contributed by atoms with Gasteiger partial charge in [-0.25, -0.2) is 0 Å². The van der Waals surface area contributed by atoms with Gasteiger partial charge in [0.1, 0.15) is 0 Å². The molecule has 2 saturated heterocycles. The lowest BCUT2D eigenvalue weighted by Crippen LogP contribution is -2.41. The molecule has 0 bridgehead atoms. The predicted molar refractivity (Wildman–Crippen MR) is 77.8 cm³/mol. The first kappa shape index (κ1) is 13.2. The molecule has 0 radical (unpaired) electrons. The summed E-state index contributed by atoms with van der Waals surface area (Å²) in [5, 5.41) is 3.30. The minimum Gasteiger partial charge on any atom is -0.399 e. The van der Waals surface area contributed by atoms with Crippen LogP contribution in [-0.2, 0) is 9.31 Å². The standard InChI is InChI=1S/C15H22BNO2/c1-14(2)15(3,4)19-16(18-14)13-7-5-11(6-8-13)12-9-17-10-12/h5-8,12,17H,9-10H2,1-4H3. The average molecular weight is 259 g/mol. The van der Waals surface area contributed by atoms with Crippen LogP contribution in [0.2, 0.25) is 0 Å². The number of hydrogen-bond donors (Lipinski definition) is 1. The molecule has 2 heterocycles. The number of nitrogens with one attached hydrogen (secondary N) is 1. The van der Waals surface area contributed by atoms with E-state index >= 15 is 0 Å². The van der Waals surface area contributed by atoms with Gasteiger partial charge >= 0.3 is 7.12 Å². The Kier molecular flexibility index (Phi) is 3.00. The Morgan fingerprint density at radius 1 is 1.00 bits per heavy atom. The van der Waals surface area contributed by atoms with E-state index in [1.165, 1.54) is 5.56 Å². The van der Waals surface area contributed by atoms with E-state index in [-0.39, 0.29) is 18.3 Å². The van der Waals surface area contributed by atoms with Crippen molar-refractivity contribution in [3.63, 3.8) is 0 Å². The summed E-state index contributed by atoms with van der Waals surface area (Å²) in [5.74, 6) is 0.673. The molecule has 0 spiro atoms.